The molecule has 0 radical (unpaired) electrons. The number of nitrogens with two attached hydrogens (primary N) is 1. The number of anilines is 1. The van der Waals surface area contributed by atoms with Crippen LogP contribution in [0.2, 0.25) is 0 Å². The lowest BCUT2D eigenvalue weighted by Crippen LogP contribution is -2.34. The number of carboxylic acids is 1. The maximum absolute atomic E-state index is 12.1. The number of aliphatic hydroxyl groups is 1. The molecule has 1 amide bonds. The summed E-state index contributed by atoms with van der Waals surface area (Å²) in [6.07, 6.45) is 5.70. The number of aliphatic carboxylic acids is 1. The summed E-state index contributed by atoms with van der Waals surface area (Å²) in [5.74, 6) is 0.948. The average Bonchev–Trinajstić information content (AvgIpc) is 2.96. The summed E-state index contributed by atoms with van der Waals surface area (Å²) in [5, 5.41) is 18.9. The predicted octanol–water partition coefficient (Wildman–Crippen LogP) is 2.32. The SMILES string of the molecule is Nc1cccc(C[C@H](O)C=C[C@H]2CCC(=O)N2CCSCCCC(=O)O)c1. The topological polar surface area (TPSA) is 104 Å². The minimum Gasteiger partial charge on any atom is -0.481 e. The van der Waals surface area contributed by atoms with Gasteiger partial charge in [-0.1, -0.05) is 24.3 Å². The lowest BCUT2D eigenvalue weighted by atomic mass is 10.1. The van der Waals surface area contributed by atoms with Gasteiger partial charge in [-0.3, -0.25) is 9.59 Å². The van der Waals surface area contributed by atoms with E-state index in [4.69, 9.17) is 10.8 Å². The van der Waals surface area contributed by atoms with Gasteiger partial charge in [0.1, 0.15) is 0 Å². The molecule has 1 aliphatic rings. The number of nitrogen functional groups attached to an aromatic ring is 1. The van der Waals surface area contributed by atoms with Crippen molar-refractivity contribution in [2.24, 2.45) is 0 Å². The third-order valence-corrected chi connectivity index (χ3v) is 5.53. The Hall–Kier alpha value is -1.99. The highest BCUT2D eigenvalue weighted by molar-refractivity contribution is 7.99. The fourth-order valence-electron chi connectivity index (χ4n) is 3.12. The molecule has 0 spiro atoms. The molecule has 0 saturated carbocycles. The summed E-state index contributed by atoms with van der Waals surface area (Å²) in [5.41, 5.74) is 7.41. The Balaban J connectivity index is 1.77. The number of amides is 1. The highest BCUT2D eigenvalue weighted by Crippen LogP contribution is 2.21. The summed E-state index contributed by atoms with van der Waals surface area (Å²) in [6.45, 7) is 0.650. The van der Waals surface area contributed by atoms with E-state index >= 15 is 0 Å². The molecule has 1 fully saturated rings. The van der Waals surface area contributed by atoms with Crippen molar-refractivity contribution in [1.29, 1.82) is 0 Å². The predicted molar refractivity (Wildman–Crippen MR) is 109 cm³/mol. The van der Waals surface area contributed by atoms with E-state index in [1.165, 1.54) is 0 Å². The summed E-state index contributed by atoms with van der Waals surface area (Å²) in [4.78, 5) is 24.4. The summed E-state index contributed by atoms with van der Waals surface area (Å²) < 4.78 is 0. The molecular weight excluding hydrogens is 364 g/mol. The molecular formula is C20H28N2O4S. The van der Waals surface area contributed by atoms with Crippen molar-refractivity contribution in [3.63, 3.8) is 0 Å². The molecule has 0 aromatic heterocycles. The van der Waals surface area contributed by atoms with E-state index in [2.05, 4.69) is 0 Å². The Kier molecular flexibility index (Phi) is 8.67. The van der Waals surface area contributed by atoms with E-state index in [0.717, 1.165) is 23.5 Å². The number of benzene rings is 1. The summed E-state index contributed by atoms with van der Waals surface area (Å²) >= 11 is 1.67. The van der Waals surface area contributed by atoms with Crippen molar-refractivity contribution in [2.45, 2.75) is 44.2 Å². The fraction of sp³-hybridized carbons (Fsp3) is 0.500. The number of carboxylic acid groups (broad SMARTS) is 1. The zero-order chi connectivity index (χ0) is 19.6. The van der Waals surface area contributed by atoms with Crippen molar-refractivity contribution in [3.05, 3.63) is 42.0 Å². The van der Waals surface area contributed by atoms with E-state index in [0.29, 0.717) is 31.5 Å². The standard InChI is InChI=1S/C20H28N2O4S/c21-16-4-1-3-15(13-16)14-18(23)8-6-17-7-9-19(24)22(17)10-12-27-11-2-5-20(25)26/h1,3-4,6,8,13,17-18,23H,2,5,7,9-12,14,21H2,(H,25,26)/t17-,18+/m0/s1. The van der Waals surface area contributed by atoms with Gasteiger partial charge in [-0.2, -0.15) is 11.8 Å². The molecule has 27 heavy (non-hydrogen) atoms. The van der Waals surface area contributed by atoms with E-state index in [-0.39, 0.29) is 18.4 Å². The fourth-order valence-corrected chi connectivity index (χ4v) is 4.00. The smallest absolute Gasteiger partial charge is 0.303 e. The first-order valence-corrected chi connectivity index (χ1v) is 10.4. The van der Waals surface area contributed by atoms with Crippen LogP contribution in [0.3, 0.4) is 0 Å². The average molecular weight is 393 g/mol. The number of carbonyl (C=O) groups excluding carboxylic acids is 1. The quantitative estimate of drug-likeness (QED) is 0.303. The van der Waals surface area contributed by atoms with Crippen LogP contribution in [0.1, 0.15) is 31.2 Å². The van der Waals surface area contributed by atoms with Gasteiger partial charge < -0.3 is 20.8 Å². The third kappa shape index (κ3) is 7.64. The molecule has 1 aliphatic heterocycles. The van der Waals surface area contributed by atoms with Gasteiger partial charge in [0.05, 0.1) is 12.1 Å². The molecule has 2 atom stereocenters. The lowest BCUT2D eigenvalue weighted by molar-refractivity contribution is -0.137. The minimum absolute atomic E-state index is 0.0209. The van der Waals surface area contributed by atoms with Crippen molar-refractivity contribution >= 4 is 29.3 Å². The second-order valence-electron chi connectivity index (χ2n) is 6.70. The number of thioether (sulfide) groups is 1. The molecule has 7 heteroatoms. The van der Waals surface area contributed by atoms with Crippen LogP contribution in [0.25, 0.3) is 0 Å². The van der Waals surface area contributed by atoms with Crippen molar-refractivity contribution < 1.29 is 19.8 Å². The maximum Gasteiger partial charge on any atom is 0.303 e. The maximum atomic E-state index is 12.1. The first kappa shape index (κ1) is 21.3. The number of likely N-dealkylation sites (tertiary alicyclic amines) is 1. The first-order chi connectivity index (χ1) is 13.0. The number of nitrogens with zero attached hydrogens (tertiary/aromatic N) is 1. The summed E-state index contributed by atoms with van der Waals surface area (Å²) in [6, 6.07) is 7.48. The van der Waals surface area contributed by atoms with Gasteiger partial charge in [0.15, 0.2) is 0 Å². The van der Waals surface area contributed by atoms with E-state index in [1.54, 1.807) is 17.8 Å². The van der Waals surface area contributed by atoms with Gasteiger partial charge in [-0.05, 0) is 36.3 Å². The van der Waals surface area contributed by atoms with Crippen LogP contribution in [-0.4, -0.2) is 57.2 Å². The number of carbonyl (C=O) groups is 2. The van der Waals surface area contributed by atoms with Crippen LogP contribution in [0.15, 0.2) is 36.4 Å². The molecule has 2 rings (SSSR count). The van der Waals surface area contributed by atoms with Gasteiger partial charge >= 0.3 is 5.97 Å². The van der Waals surface area contributed by atoms with Gasteiger partial charge in [0.25, 0.3) is 0 Å². The van der Waals surface area contributed by atoms with Gasteiger partial charge in [0.2, 0.25) is 5.91 Å². The van der Waals surface area contributed by atoms with Crippen LogP contribution in [-0.2, 0) is 16.0 Å². The Bertz CT molecular complexity index is 665. The molecule has 4 N–H and O–H groups in total. The monoisotopic (exact) mass is 392 g/mol. The Morgan fingerprint density at radius 2 is 2.22 bits per heavy atom. The van der Waals surface area contributed by atoms with Gasteiger partial charge in [-0.25, -0.2) is 0 Å². The molecule has 0 aliphatic carbocycles. The highest BCUT2D eigenvalue weighted by atomic mass is 32.2. The molecule has 1 aromatic carbocycles. The summed E-state index contributed by atoms with van der Waals surface area (Å²) in [7, 11) is 0. The van der Waals surface area contributed by atoms with Crippen molar-refractivity contribution in [3.8, 4) is 0 Å². The first-order valence-electron chi connectivity index (χ1n) is 9.25. The van der Waals surface area contributed by atoms with Crippen LogP contribution in [0.5, 0.6) is 0 Å². The van der Waals surface area contributed by atoms with Crippen LogP contribution in [0, 0.1) is 0 Å². The minimum atomic E-state index is -0.771. The van der Waals surface area contributed by atoms with Crippen LogP contribution >= 0.6 is 11.8 Å². The van der Waals surface area contributed by atoms with Crippen molar-refractivity contribution in [2.75, 3.05) is 23.8 Å². The number of rotatable bonds is 11. The molecule has 6 nitrogen and oxygen atoms in total. The molecule has 1 saturated heterocycles. The zero-order valence-corrected chi connectivity index (χ0v) is 16.2. The van der Waals surface area contributed by atoms with E-state index in [9.17, 15) is 14.7 Å². The molecule has 148 valence electrons. The molecule has 0 unspecified atom stereocenters. The largest absolute Gasteiger partial charge is 0.481 e. The Morgan fingerprint density at radius 1 is 1.41 bits per heavy atom. The lowest BCUT2D eigenvalue weighted by Gasteiger charge is -2.22. The zero-order valence-electron chi connectivity index (χ0n) is 15.4. The van der Waals surface area contributed by atoms with Crippen molar-refractivity contribution in [1.82, 2.24) is 4.90 Å². The normalized spacial score (nSPS) is 18.3. The number of hydrogen-bond acceptors (Lipinski definition) is 5. The Labute approximate surface area is 164 Å². The Morgan fingerprint density at radius 3 is 2.96 bits per heavy atom. The second-order valence-corrected chi connectivity index (χ2v) is 7.93. The van der Waals surface area contributed by atoms with Crippen LogP contribution < -0.4 is 5.73 Å². The molecule has 0 bridgehead atoms. The van der Waals surface area contributed by atoms with Crippen LogP contribution in [0.4, 0.5) is 5.69 Å². The number of aliphatic hydroxyl groups excluding tert-OH is 1. The van der Waals surface area contributed by atoms with Gasteiger partial charge in [0, 0.05) is 37.2 Å². The van der Waals surface area contributed by atoms with Gasteiger partial charge in [-0.15, -0.1) is 0 Å². The third-order valence-electron chi connectivity index (χ3n) is 4.48. The molecule has 1 heterocycles. The van der Waals surface area contributed by atoms with E-state index in [1.807, 2.05) is 35.2 Å². The molecule has 1 aromatic rings. The second kappa shape index (κ2) is 11.0. The van der Waals surface area contributed by atoms with E-state index < -0.39 is 12.1 Å². The number of hydrogen-bond donors (Lipinski definition) is 3. The highest BCUT2D eigenvalue weighted by Gasteiger charge is 2.28.